The van der Waals surface area contributed by atoms with Crippen molar-refractivity contribution in [2.45, 2.75) is 39.7 Å². The summed E-state index contributed by atoms with van der Waals surface area (Å²) in [4.78, 5) is 31.3. The van der Waals surface area contributed by atoms with E-state index in [0.29, 0.717) is 30.9 Å². The number of amides is 2. The van der Waals surface area contributed by atoms with E-state index in [1.165, 1.54) is 30.5 Å². The van der Waals surface area contributed by atoms with E-state index in [2.05, 4.69) is 34.5 Å². The number of nitrogens with one attached hydrogen (secondary N) is 1. The number of nitrogens with zero attached hydrogens (tertiary/aromatic N) is 3. The van der Waals surface area contributed by atoms with Crippen LogP contribution in [-0.2, 0) is 11.3 Å². The maximum atomic E-state index is 12.6. The van der Waals surface area contributed by atoms with Gasteiger partial charge in [-0.3, -0.25) is 14.5 Å². The number of anilines is 2. The molecule has 3 rings (SSSR count). The summed E-state index contributed by atoms with van der Waals surface area (Å²) in [5.41, 5.74) is 3.71. The summed E-state index contributed by atoms with van der Waals surface area (Å²) in [5, 5.41) is 2.92. The van der Waals surface area contributed by atoms with E-state index in [1.807, 2.05) is 31.9 Å². The van der Waals surface area contributed by atoms with Crippen LogP contribution in [0.2, 0.25) is 0 Å². The second-order valence-corrected chi connectivity index (χ2v) is 8.49. The highest BCUT2D eigenvalue weighted by Gasteiger charge is 2.14. The predicted octanol–water partition coefficient (Wildman–Crippen LogP) is 4.23. The Labute approximate surface area is 192 Å². The molecule has 0 saturated carbocycles. The van der Waals surface area contributed by atoms with Crippen LogP contribution in [0.3, 0.4) is 0 Å². The van der Waals surface area contributed by atoms with Gasteiger partial charge in [0.2, 0.25) is 5.91 Å². The fourth-order valence-electron chi connectivity index (χ4n) is 4.20. The van der Waals surface area contributed by atoms with Gasteiger partial charge in [-0.2, -0.15) is 0 Å². The van der Waals surface area contributed by atoms with Crippen LogP contribution in [0.5, 0.6) is 0 Å². The molecule has 1 fully saturated rings. The third-order valence-electron chi connectivity index (χ3n) is 5.97. The summed E-state index contributed by atoms with van der Waals surface area (Å²) in [6.07, 6.45) is 3.87. The fraction of sp³-hybridized carbons (Fsp3) is 0.462. The lowest BCUT2D eigenvalue weighted by Gasteiger charge is -2.29. The molecule has 6 nitrogen and oxygen atoms in total. The molecule has 32 heavy (non-hydrogen) atoms. The summed E-state index contributed by atoms with van der Waals surface area (Å²) < 4.78 is 0. The zero-order chi connectivity index (χ0) is 22.9. The molecule has 1 heterocycles. The van der Waals surface area contributed by atoms with E-state index >= 15 is 0 Å². The Hall–Kier alpha value is -2.86. The second-order valence-electron chi connectivity index (χ2n) is 8.49. The molecule has 6 heteroatoms. The summed E-state index contributed by atoms with van der Waals surface area (Å²) >= 11 is 0. The van der Waals surface area contributed by atoms with Gasteiger partial charge >= 0.3 is 0 Å². The van der Waals surface area contributed by atoms with E-state index in [-0.39, 0.29) is 18.4 Å². The van der Waals surface area contributed by atoms with Crippen LogP contribution in [0, 0.1) is 0 Å². The third kappa shape index (κ3) is 6.57. The molecule has 2 aromatic carbocycles. The minimum absolute atomic E-state index is 0.0174. The zero-order valence-corrected chi connectivity index (χ0v) is 19.6. The van der Waals surface area contributed by atoms with Crippen LogP contribution in [0.25, 0.3) is 0 Å². The number of benzene rings is 2. The van der Waals surface area contributed by atoms with Gasteiger partial charge in [-0.05, 0) is 76.1 Å². The summed E-state index contributed by atoms with van der Waals surface area (Å²) in [6.45, 7) is 8.51. The zero-order valence-electron chi connectivity index (χ0n) is 19.6. The molecule has 1 saturated heterocycles. The molecular weight excluding hydrogens is 400 g/mol. The van der Waals surface area contributed by atoms with E-state index in [4.69, 9.17) is 0 Å². The van der Waals surface area contributed by atoms with Crippen LogP contribution in [0.15, 0.2) is 48.5 Å². The molecule has 1 N–H and O–H groups in total. The second kappa shape index (κ2) is 11.7. The van der Waals surface area contributed by atoms with Gasteiger partial charge in [-0.1, -0.05) is 18.2 Å². The Kier molecular flexibility index (Phi) is 8.68. The maximum absolute atomic E-state index is 12.6. The first-order valence-electron chi connectivity index (χ1n) is 11.7. The lowest BCUT2D eigenvalue weighted by molar-refractivity contribution is -0.117. The van der Waals surface area contributed by atoms with E-state index < -0.39 is 0 Å². The molecule has 1 aliphatic rings. The quantitative estimate of drug-likeness (QED) is 0.639. The Balaban J connectivity index is 1.51. The van der Waals surface area contributed by atoms with E-state index in [1.54, 1.807) is 23.1 Å². The third-order valence-corrected chi connectivity index (χ3v) is 5.97. The highest BCUT2D eigenvalue weighted by atomic mass is 16.2. The van der Waals surface area contributed by atoms with Gasteiger partial charge in [0.15, 0.2) is 0 Å². The average Bonchev–Trinajstić information content (AvgIpc) is 2.81. The molecule has 2 aromatic rings. The first kappa shape index (κ1) is 23.8. The van der Waals surface area contributed by atoms with Crippen molar-refractivity contribution < 1.29 is 9.59 Å². The van der Waals surface area contributed by atoms with Crippen LogP contribution < -0.4 is 10.2 Å². The van der Waals surface area contributed by atoms with Crippen LogP contribution >= 0.6 is 0 Å². The Morgan fingerprint density at radius 2 is 1.66 bits per heavy atom. The van der Waals surface area contributed by atoms with Gasteiger partial charge in [-0.25, -0.2) is 0 Å². The number of carbonyl (C=O) groups excluding carboxylic acids is 2. The van der Waals surface area contributed by atoms with Gasteiger partial charge in [0.25, 0.3) is 5.91 Å². The fourth-order valence-corrected chi connectivity index (χ4v) is 4.20. The van der Waals surface area contributed by atoms with Crippen LogP contribution in [0.1, 0.15) is 49.0 Å². The molecule has 2 amide bonds. The molecule has 172 valence electrons. The SMILES string of the molecule is CCN(CC)C(=O)c1cccc(NC(=O)CN(C)Cc2ccc(N3CCCCC3)cc2)c1. The Morgan fingerprint density at radius 1 is 0.969 bits per heavy atom. The summed E-state index contributed by atoms with van der Waals surface area (Å²) in [7, 11) is 1.94. The number of hydrogen-bond acceptors (Lipinski definition) is 4. The number of likely N-dealkylation sites (N-methyl/N-ethyl adjacent to an activating group) is 1. The lowest BCUT2D eigenvalue weighted by Crippen LogP contribution is -2.31. The van der Waals surface area contributed by atoms with Crippen LogP contribution in [-0.4, -0.2) is 61.4 Å². The predicted molar refractivity (Wildman–Crippen MR) is 131 cm³/mol. The summed E-state index contributed by atoms with van der Waals surface area (Å²) in [5.74, 6) is -0.110. The normalized spacial score (nSPS) is 13.8. The monoisotopic (exact) mass is 436 g/mol. The Bertz CT molecular complexity index is 887. The molecule has 0 atom stereocenters. The number of piperidine rings is 1. The van der Waals surface area contributed by atoms with Gasteiger partial charge in [0.05, 0.1) is 6.54 Å². The molecule has 0 unspecified atom stereocenters. The summed E-state index contributed by atoms with van der Waals surface area (Å²) in [6, 6.07) is 15.8. The van der Waals surface area contributed by atoms with Gasteiger partial charge in [0.1, 0.15) is 0 Å². The molecule has 0 aromatic heterocycles. The van der Waals surface area contributed by atoms with Crippen molar-refractivity contribution >= 4 is 23.2 Å². The van der Waals surface area contributed by atoms with Crippen molar-refractivity contribution in [2.75, 3.05) is 50.0 Å². The molecule has 0 radical (unpaired) electrons. The van der Waals surface area contributed by atoms with Crippen molar-refractivity contribution in [2.24, 2.45) is 0 Å². The molecule has 1 aliphatic heterocycles. The topological polar surface area (TPSA) is 55.9 Å². The Morgan fingerprint density at radius 3 is 2.31 bits per heavy atom. The van der Waals surface area contributed by atoms with E-state index in [9.17, 15) is 9.59 Å². The first-order valence-corrected chi connectivity index (χ1v) is 11.7. The largest absolute Gasteiger partial charge is 0.372 e. The standard InChI is InChI=1S/C26H36N4O2/c1-4-29(5-2)26(32)22-10-9-11-23(18-22)27-25(31)20-28(3)19-21-12-14-24(15-13-21)30-16-7-6-8-17-30/h9-15,18H,4-8,16-17,19-20H2,1-3H3,(H,27,31). The highest BCUT2D eigenvalue weighted by molar-refractivity contribution is 5.97. The number of rotatable bonds is 9. The minimum atomic E-state index is -0.0927. The number of carbonyl (C=O) groups is 2. The van der Waals surface area contributed by atoms with Gasteiger partial charge in [-0.15, -0.1) is 0 Å². The van der Waals surface area contributed by atoms with Crippen molar-refractivity contribution in [1.29, 1.82) is 0 Å². The van der Waals surface area contributed by atoms with Gasteiger partial charge < -0.3 is 15.1 Å². The molecule has 0 bridgehead atoms. The van der Waals surface area contributed by atoms with Crippen molar-refractivity contribution in [3.8, 4) is 0 Å². The van der Waals surface area contributed by atoms with Crippen molar-refractivity contribution in [3.63, 3.8) is 0 Å². The molecule has 0 spiro atoms. The molecular formula is C26H36N4O2. The smallest absolute Gasteiger partial charge is 0.253 e. The maximum Gasteiger partial charge on any atom is 0.253 e. The van der Waals surface area contributed by atoms with E-state index in [0.717, 1.165) is 13.1 Å². The first-order chi connectivity index (χ1) is 15.5. The average molecular weight is 437 g/mol. The lowest BCUT2D eigenvalue weighted by atomic mass is 10.1. The van der Waals surface area contributed by atoms with Gasteiger partial charge in [0, 0.05) is 49.7 Å². The van der Waals surface area contributed by atoms with Crippen molar-refractivity contribution in [1.82, 2.24) is 9.80 Å². The minimum Gasteiger partial charge on any atom is -0.372 e. The molecule has 0 aliphatic carbocycles. The van der Waals surface area contributed by atoms with Crippen molar-refractivity contribution in [3.05, 3.63) is 59.7 Å². The number of hydrogen-bond donors (Lipinski definition) is 1. The van der Waals surface area contributed by atoms with Crippen LogP contribution in [0.4, 0.5) is 11.4 Å². The highest BCUT2D eigenvalue weighted by Crippen LogP contribution is 2.20.